The van der Waals surface area contributed by atoms with Gasteiger partial charge in [-0.25, -0.2) is 5.43 Å². The lowest BCUT2D eigenvalue weighted by Crippen LogP contribution is -2.46. The van der Waals surface area contributed by atoms with Gasteiger partial charge >= 0.3 is 0 Å². The molecular weight excluding hydrogens is 278 g/mol. The maximum Gasteiger partial charge on any atom is 0.251 e. The van der Waals surface area contributed by atoms with E-state index in [4.69, 9.17) is 17.4 Å². The number of nitrogens with two attached hydrogens (primary N) is 1. The summed E-state index contributed by atoms with van der Waals surface area (Å²) in [6.07, 6.45) is 2.79. The van der Waals surface area contributed by atoms with Crippen molar-refractivity contribution in [2.45, 2.75) is 38.0 Å². The number of aliphatic hydroxyl groups excluding tert-OH is 1. The van der Waals surface area contributed by atoms with Gasteiger partial charge in [-0.1, -0.05) is 24.1 Å². The fourth-order valence-corrected chi connectivity index (χ4v) is 2.87. The summed E-state index contributed by atoms with van der Waals surface area (Å²) in [4.78, 5) is 12.1. The van der Waals surface area contributed by atoms with Gasteiger partial charge in [-0.3, -0.25) is 10.6 Å². The Kier molecular flexibility index (Phi) is 5.37. The number of halogens is 1. The third kappa shape index (κ3) is 3.93. The smallest absolute Gasteiger partial charge is 0.251 e. The highest BCUT2D eigenvalue weighted by Gasteiger charge is 2.27. The molecule has 1 aliphatic rings. The standard InChI is InChI=1S/C14H20ClN3O2/c15-11-5-1-3-9(7-11)13(19)17-12-6-2-4-10(8-12)14(20)18-16/h1,3,5,7,10,12,14,18,20H,2,4,6,8,16H2,(H,17,19). The van der Waals surface area contributed by atoms with E-state index in [1.165, 1.54) is 0 Å². The number of hydrogen-bond donors (Lipinski definition) is 4. The summed E-state index contributed by atoms with van der Waals surface area (Å²) in [5.74, 6) is 5.19. The van der Waals surface area contributed by atoms with Gasteiger partial charge < -0.3 is 10.4 Å². The van der Waals surface area contributed by atoms with Crippen molar-refractivity contribution in [1.82, 2.24) is 10.7 Å². The molecule has 1 aliphatic carbocycles. The first kappa shape index (κ1) is 15.3. The minimum absolute atomic E-state index is 0.0585. The number of hydrazine groups is 1. The van der Waals surface area contributed by atoms with Crippen LogP contribution in [-0.4, -0.2) is 23.3 Å². The molecule has 0 aliphatic heterocycles. The number of rotatable bonds is 4. The van der Waals surface area contributed by atoms with Gasteiger partial charge in [0, 0.05) is 22.5 Å². The van der Waals surface area contributed by atoms with Gasteiger partial charge in [0.1, 0.15) is 6.23 Å². The summed E-state index contributed by atoms with van der Waals surface area (Å²) in [6, 6.07) is 6.93. The molecule has 0 aromatic heterocycles. The largest absolute Gasteiger partial charge is 0.377 e. The summed E-state index contributed by atoms with van der Waals surface area (Å²) in [7, 11) is 0. The minimum atomic E-state index is -0.721. The molecule has 5 nitrogen and oxygen atoms in total. The highest BCUT2D eigenvalue weighted by Crippen LogP contribution is 2.26. The predicted octanol–water partition coefficient (Wildman–Crippen LogP) is 1.41. The first-order valence-corrected chi connectivity index (χ1v) is 7.18. The average molecular weight is 298 g/mol. The quantitative estimate of drug-likeness (QED) is 0.384. The lowest BCUT2D eigenvalue weighted by molar-refractivity contribution is 0.0466. The van der Waals surface area contributed by atoms with Crippen LogP contribution in [0.5, 0.6) is 0 Å². The molecule has 1 saturated carbocycles. The van der Waals surface area contributed by atoms with Crippen LogP contribution in [0.4, 0.5) is 0 Å². The van der Waals surface area contributed by atoms with Crippen molar-refractivity contribution in [2.24, 2.45) is 11.8 Å². The first-order chi connectivity index (χ1) is 9.60. The molecule has 1 fully saturated rings. The summed E-state index contributed by atoms with van der Waals surface area (Å²) in [5, 5.41) is 13.3. The fraction of sp³-hybridized carbons (Fsp3) is 0.500. The molecule has 2 rings (SSSR count). The van der Waals surface area contributed by atoms with E-state index < -0.39 is 6.23 Å². The van der Waals surface area contributed by atoms with E-state index in [2.05, 4.69) is 10.7 Å². The van der Waals surface area contributed by atoms with Crippen molar-refractivity contribution in [3.05, 3.63) is 34.9 Å². The highest BCUT2D eigenvalue weighted by molar-refractivity contribution is 6.30. The molecular formula is C14H20ClN3O2. The monoisotopic (exact) mass is 297 g/mol. The molecule has 0 heterocycles. The normalized spacial score (nSPS) is 24.1. The molecule has 1 aromatic rings. The number of nitrogens with one attached hydrogen (secondary N) is 2. The Bertz CT molecular complexity index is 469. The molecule has 110 valence electrons. The van der Waals surface area contributed by atoms with E-state index in [9.17, 15) is 9.90 Å². The van der Waals surface area contributed by atoms with E-state index >= 15 is 0 Å². The lowest BCUT2D eigenvalue weighted by Gasteiger charge is -2.32. The van der Waals surface area contributed by atoms with Crippen LogP contribution in [0, 0.1) is 5.92 Å². The Morgan fingerprint density at radius 3 is 2.95 bits per heavy atom. The van der Waals surface area contributed by atoms with Crippen molar-refractivity contribution in [2.75, 3.05) is 0 Å². The second-order valence-electron chi connectivity index (χ2n) is 5.22. The Morgan fingerprint density at radius 1 is 1.45 bits per heavy atom. The van der Waals surface area contributed by atoms with Crippen LogP contribution in [0.15, 0.2) is 24.3 Å². The van der Waals surface area contributed by atoms with Crippen molar-refractivity contribution in [3.63, 3.8) is 0 Å². The van der Waals surface area contributed by atoms with Gasteiger partial charge in [0.05, 0.1) is 0 Å². The van der Waals surface area contributed by atoms with Crippen LogP contribution in [0.25, 0.3) is 0 Å². The van der Waals surface area contributed by atoms with Gasteiger partial charge in [0.2, 0.25) is 0 Å². The summed E-state index contributed by atoms with van der Waals surface area (Å²) >= 11 is 5.88. The van der Waals surface area contributed by atoms with Crippen LogP contribution in [0.3, 0.4) is 0 Å². The second kappa shape index (κ2) is 7.04. The number of carbonyl (C=O) groups excluding carboxylic acids is 1. The van der Waals surface area contributed by atoms with Gasteiger partial charge in [0.25, 0.3) is 5.91 Å². The Balaban J connectivity index is 1.94. The molecule has 0 radical (unpaired) electrons. The van der Waals surface area contributed by atoms with Crippen molar-refractivity contribution >= 4 is 17.5 Å². The molecule has 20 heavy (non-hydrogen) atoms. The maximum absolute atomic E-state index is 12.1. The zero-order valence-corrected chi connectivity index (χ0v) is 11.9. The molecule has 0 spiro atoms. The first-order valence-electron chi connectivity index (χ1n) is 6.81. The van der Waals surface area contributed by atoms with E-state index in [1.807, 2.05) is 0 Å². The van der Waals surface area contributed by atoms with Gasteiger partial charge in [0.15, 0.2) is 0 Å². The Labute approximate surface area is 123 Å². The molecule has 1 amide bonds. The highest BCUT2D eigenvalue weighted by atomic mass is 35.5. The van der Waals surface area contributed by atoms with Gasteiger partial charge in [-0.2, -0.15) is 0 Å². The number of hydrogen-bond acceptors (Lipinski definition) is 4. The SMILES string of the molecule is NNC(O)C1CCCC(NC(=O)c2cccc(Cl)c2)C1. The fourth-order valence-electron chi connectivity index (χ4n) is 2.68. The summed E-state index contributed by atoms with van der Waals surface area (Å²) < 4.78 is 0. The molecule has 6 heteroatoms. The van der Waals surface area contributed by atoms with E-state index in [1.54, 1.807) is 24.3 Å². The van der Waals surface area contributed by atoms with Crippen LogP contribution < -0.4 is 16.6 Å². The number of benzene rings is 1. The van der Waals surface area contributed by atoms with Gasteiger partial charge in [-0.15, -0.1) is 0 Å². The van der Waals surface area contributed by atoms with Crippen LogP contribution in [0.2, 0.25) is 5.02 Å². The zero-order valence-electron chi connectivity index (χ0n) is 11.2. The summed E-state index contributed by atoms with van der Waals surface area (Å²) in [6.45, 7) is 0. The molecule has 0 bridgehead atoms. The number of amides is 1. The lowest BCUT2D eigenvalue weighted by atomic mass is 9.84. The third-order valence-electron chi connectivity index (χ3n) is 3.75. The van der Waals surface area contributed by atoms with E-state index in [-0.39, 0.29) is 17.9 Å². The van der Waals surface area contributed by atoms with Crippen LogP contribution in [-0.2, 0) is 0 Å². The summed E-state index contributed by atoms with van der Waals surface area (Å²) in [5.41, 5.74) is 2.93. The van der Waals surface area contributed by atoms with E-state index in [0.717, 1.165) is 25.7 Å². The topological polar surface area (TPSA) is 87.4 Å². The van der Waals surface area contributed by atoms with Crippen LogP contribution >= 0.6 is 11.6 Å². The average Bonchev–Trinajstić information content (AvgIpc) is 2.46. The molecule has 5 N–H and O–H groups in total. The molecule has 1 aromatic carbocycles. The second-order valence-corrected chi connectivity index (χ2v) is 5.66. The Morgan fingerprint density at radius 2 is 2.25 bits per heavy atom. The maximum atomic E-state index is 12.1. The zero-order chi connectivity index (χ0) is 14.5. The molecule has 3 unspecified atom stereocenters. The molecule has 3 atom stereocenters. The number of aliphatic hydroxyl groups is 1. The van der Waals surface area contributed by atoms with Crippen molar-refractivity contribution < 1.29 is 9.90 Å². The number of carbonyl (C=O) groups is 1. The molecule has 0 saturated heterocycles. The Hall–Kier alpha value is -1.14. The van der Waals surface area contributed by atoms with Gasteiger partial charge in [-0.05, 0) is 37.5 Å². The minimum Gasteiger partial charge on any atom is -0.377 e. The third-order valence-corrected chi connectivity index (χ3v) is 3.99. The van der Waals surface area contributed by atoms with Crippen LogP contribution in [0.1, 0.15) is 36.0 Å². The van der Waals surface area contributed by atoms with E-state index in [0.29, 0.717) is 10.6 Å². The predicted molar refractivity (Wildman–Crippen MR) is 78.0 cm³/mol. The van der Waals surface area contributed by atoms with Crippen molar-refractivity contribution in [3.8, 4) is 0 Å². The van der Waals surface area contributed by atoms with Crippen molar-refractivity contribution in [1.29, 1.82) is 0 Å².